The van der Waals surface area contributed by atoms with Crippen molar-refractivity contribution < 1.29 is 4.79 Å². The van der Waals surface area contributed by atoms with Gasteiger partial charge in [-0.3, -0.25) is 9.48 Å². The van der Waals surface area contributed by atoms with Crippen LogP contribution in [-0.2, 0) is 16.9 Å². The second-order valence-electron chi connectivity index (χ2n) is 5.88. The van der Waals surface area contributed by atoms with Crippen LogP contribution in [0.4, 0.5) is 5.82 Å². The number of likely N-dealkylation sites (tertiary alicyclic amines) is 1. The summed E-state index contributed by atoms with van der Waals surface area (Å²) in [6.45, 7) is 4.82. The van der Waals surface area contributed by atoms with E-state index in [4.69, 9.17) is 5.73 Å². The van der Waals surface area contributed by atoms with E-state index in [9.17, 15) is 4.79 Å². The molecule has 116 valence electrons. The fourth-order valence-electron chi connectivity index (χ4n) is 3.05. The number of aryl methyl sites for hydroxylation is 1. The van der Waals surface area contributed by atoms with Crippen LogP contribution >= 0.6 is 0 Å². The van der Waals surface area contributed by atoms with Crippen LogP contribution in [0.2, 0.25) is 0 Å². The van der Waals surface area contributed by atoms with Gasteiger partial charge in [-0.2, -0.15) is 5.10 Å². The minimum Gasteiger partial charge on any atom is -0.384 e. The number of anilines is 1. The van der Waals surface area contributed by atoms with Crippen molar-refractivity contribution in [2.24, 2.45) is 0 Å². The van der Waals surface area contributed by atoms with E-state index in [1.54, 1.807) is 29.2 Å². The van der Waals surface area contributed by atoms with E-state index in [1.807, 2.05) is 18.7 Å². The van der Waals surface area contributed by atoms with E-state index >= 15 is 0 Å². The number of carbonyl (C=O) groups excluding carboxylic acids is 1. The molecule has 2 aromatic heterocycles. The molecule has 1 saturated heterocycles. The summed E-state index contributed by atoms with van der Waals surface area (Å²) >= 11 is 0. The highest BCUT2D eigenvalue weighted by Gasteiger charge is 2.43. The Morgan fingerprint density at radius 2 is 2.27 bits per heavy atom. The Balaban J connectivity index is 1.89. The van der Waals surface area contributed by atoms with E-state index in [0.29, 0.717) is 18.2 Å². The number of amides is 1. The van der Waals surface area contributed by atoms with Crippen LogP contribution in [0.15, 0.2) is 24.5 Å². The second kappa shape index (κ2) is 5.40. The maximum Gasteiger partial charge on any atom is 0.245 e. The van der Waals surface area contributed by atoms with Gasteiger partial charge in [-0.15, -0.1) is 0 Å². The van der Waals surface area contributed by atoms with Crippen LogP contribution in [0.3, 0.4) is 0 Å². The van der Waals surface area contributed by atoms with Crippen LogP contribution < -0.4 is 5.73 Å². The van der Waals surface area contributed by atoms with Gasteiger partial charge in [0, 0.05) is 30.7 Å². The zero-order chi connectivity index (χ0) is 15.7. The zero-order valence-electron chi connectivity index (χ0n) is 12.9. The monoisotopic (exact) mass is 300 g/mol. The van der Waals surface area contributed by atoms with E-state index in [-0.39, 0.29) is 12.5 Å². The number of hydrogen-bond acceptors (Lipinski definition) is 5. The predicted molar refractivity (Wildman–Crippen MR) is 81.7 cm³/mol. The number of nitrogen functional groups attached to an aromatic ring is 1. The number of hydrogen-bond donors (Lipinski definition) is 1. The summed E-state index contributed by atoms with van der Waals surface area (Å²) in [4.78, 5) is 23.4. The first kappa shape index (κ1) is 14.5. The van der Waals surface area contributed by atoms with Gasteiger partial charge in [0.15, 0.2) is 5.82 Å². The average Bonchev–Trinajstić information content (AvgIpc) is 3.07. The van der Waals surface area contributed by atoms with Crippen molar-refractivity contribution in [2.45, 2.75) is 38.8 Å². The molecule has 2 N–H and O–H groups in total. The van der Waals surface area contributed by atoms with E-state index in [0.717, 1.165) is 18.5 Å². The summed E-state index contributed by atoms with van der Waals surface area (Å²) in [6.07, 6.45) is 5.21. The molecule has 3 rings (SSSR count). The molecule has 1 aliphatic heterocycles. The van der Waals surface area contributed by atoms with Crippen molar-refractivity contribution in [3.8, 4) is 0 Å². The van der Waals surface area contributed by atoms with Gasteiger partial charge in [-0.05, 0) is 32.8 Å². The van der Waals surface area contributed by atoms with Crippen molar-refractivity contribution >= 4 is 11.7 Å². The van der Waals surface area contributed by atoms with Crippen molar-refractivity contribution in [3.63, 3.8) is 0 Å². The molecule has 1 atom stereocenters. The molecule has 7 nitrogen and oxygen atoms in total. The van der Waals surface area contributed by atoms with Crippen LogP contribution in [0.5, 0.6) is 0 Å². The lowest BCUT2D eigenvalue weighted by atomic mass is 9.97. The van der Waals surface area contributed by atoms with E-state index < -0.39 is 5.54 Å². The molecule has 7 heteroatoms. The van der Waals surface area contributed by atoms with Crippen molar-refractivity contribution in [1.82, 2.24) is 24.6 Å². The molecule has 2 aromatic rings. The van der Waals surface area contributed by atoms with Crippen molar-refractivity contribution in [3.05, 3.63) is 36.0 Å². The molecule has 22 heavy (non-hydrogen) atoms. The fourth-order valence-corrected chi connectivity index (χ4v) is 3.05. The molecule has 0 bridgehead atoms. The Hall–Kier alpha value is -2.44. The van der Waals surface area contributed by atoms with Gasteiger partial charge < -0.3 is 10.6 Å². The topological polar surface area (TPSA) is 89.9 Å². The lowest BCUT2D eigenvalue weighted by molar-refractivity contribution is -0.136. The number of nitrogens with zero attached hydrogens (tertiary/aromatic N) is 5. The molecule has 1 unspecified atom stereocenters. The maximum absolute atomic E-state index is 12.6. The van der Waals surface area contributed by atoms with Gasteiger partial charge in [0.1, 0.15) is 17.9 Å². The molecule has 1 aliphatic rings. The van der Waals surface area contributed by atoms with Gasteiger partial charge in [-0.1, -0.05) is 0 Å². The van der Waals surface area contributed by atoms with Gasteiger partial charge in [0.25, 0.3) is 0 Å². The first-order chi connectivity index (χ1) is 10.5. The van der Waals surface area contributed by atoms with Gasteiger partial charge in [0.2, 0.25) is 5.91 Å². The minimum absolute atomic E-state index is 0.0207. The quantitative estimate of drug-likeness (QED) is 0.916. The highest BCUT2D eigenvalue weighted by Crippen LogP contribution is 2.37. The Labute approximate surface area is 129 Å². The molecule has 1 amide bonds. The summed E-state index contributed by atoms with van der Waals surface area (Å²) in [6, 6.07) is 3.54. The molecule has 1 fully saturated rings. The normalized spacial score (nSPS) is 21.3. The van der Waals surface area contributed by atoms with Crippen LogP contribution in [0.1, 0.15) is 31.3 Å². The summed E-state index contributed by atoms with van der Waals surface area (Å²) in [5.41, 5.74) is 6.15. The first-order valence-corrected chi connectivity index (χ1v) is 7.38. The minimum atomic E-state index is -0.510. The van der Waals surface area contributed by atoms with Crippen LogP contribution in [0.25, 0.3) is 0 Å². The zero-order valence-corrected chi connectivity index (χ0v) is 12.9. The molecular weight excluding hydrogens is 280 g/mol. The highest BCUT2D eigenvalue weighted by molar-refractivity contribution is 5.77. The van der Waals surface area contributed by atoms with Crippen LogP contribution in [-0.4, -0.2) is 37.1 Å². The number of carbonyl (C=O) groups is 1. The SMILES string of the molecule is Cc1cc(N)nc(C2(C)CCCN2C(=O)Cn2cccn2)n1. The summed E-state index contributed by atoms with van der Waals surface area (Å²) in [7, 11) is 0. The Morgan fingerprint density at radius 1 is 1.45 bits per heavy atom. The molecule has 3 heterocycles. The van der Waals surface area contributed by atoms with Crippen molar-refractivity contribution in [1.29, 1.82) is 0 Å². The van der Waals surface area contributed by atoms with Gasteiger partial charge in [0.05, 0.1) is 0 Å². The lowest BCUT2D eigenvalue weighted by Gasteiger charge is -2.34. The summed E-state index contributed by atoms with van der Waals surface area (Å²) in [5, 5.41) is 4.09. The second-order valence-corrected chi connectivity index (χ2v) is 5.88. The molecule has 0 saturated carbocycles. The van der Waals surface area contributed by atoms with E-state index in [2.05, 4.69) is 15.1 Å². The standard InChI is InChI=1S/C15H20N6O/c1-11-9-12(16)19-14(18-11)15(2)5-3-8-21(15)13(22)10-20-7-4-6-17-20/h4,6-7,9H,3,5,8,10H2,1-2H3,(H2,16,18,19). The first-order valence-electron chi connectivity index (χ1n) is 7.38. The molecule has 0 spiro atoms. The fraction of sp³-hybridized carbons (Fsp3) is 0.467. The summed E-state index contributed by atoms with van der Waals surface area (Å²) in [5.74, 6) is 1.08. The third-order valence-corrected chi connectivity index (χ3v) is 4.15. The molecular formula is C15H20N6O. The van der Waals surface area contributed by atoms with Crippen LogP contribution in [0, 0.1) is 6.92 Å². The summed E-state index contributed by atoms with van der Waals surface area (Å²) < 4.78 is 1.63. The molecule has 0 aromatic carbocycles. The van der Waals surface area contributed by atoms with E-state index in [1.165, 1.54) is 0 Å². The molecule has 0 aliphatic carbocycles. The maximum atomic E-state index is 12.6. The third-order valence-electron chi connectivity index (χ3n) is 4.15. The number of aromatic nitrogens is 4. The predicted octanol–water partition coefficient (Wildman–Crippen LogP) is 1.10. The van der Waals surface area contributed by atoms with Gasteiger partial charge in [-0.25, -0.2) is 9.97 Å². The Kier molecular flexibility index (Phi) is 3.56. The Bertz CT molecular complexity index is 663. The number of rotatable bonds is 3. The highest BCUT2D eigenvalue weighted by atomic mass is 16.2. The third kappa shape index (κ3) is 2.54. The smallest absolute Gasteiger partial charge is 0.245 e. The van der Waals surface area contributed by atoms with Crippen molar-refractivity contribution in [2.75, 3.05) is 12.3 Å². The lowest BCUT2D eigenvalue weighted by Crippen LogP contribution is -2.45. The number of nitrogens with two attached hydrogens (primary N) is 1. The molecule has 0 radical (unpaired) electrons. The van der Waals surface area contributed by atoms with Gasteiger partial charge >= 0.3 is 0 Å². The Morgan fingerprint density at radius 3 is 2.95 bits per heavy atom. The largest absolute Gasteiger partial charge is 0.384 e. The average molecular weight is 300 g/mol.